The van der Waals surface area contributed by atoms with Crippen molar-refractivity contribution in [3.05, 3.63) is 25.0 Å². The number of imidazole rings is 1. The monoisotopic (exact) mass is 432 g/mol. The third-order valence-corrected chi connectivity index (χ3v) is 7.77. The molecule has 2 saturated heterocycles. The van der Waals surface area contributed by atoms with E-state index in [2.05, 4.69) is 25.0 Å². The third kappa shape index (κ3) is 3.15. The van der Waals surface area contributed by atoms with Gasteiger partial charge in [-0.25, -0.2) is 23.4 Å². The van der Waals surface area contributed by atoms with Crippen molar-refractivity contribution in [2.24, 2.45) is 18.9 Å². The summed E-state index contributed by atoms with van der Waals surface area (Å²) in [6.45, 7) is 3.78. The lowest BCUT2D eigenvalue weighted by molar-refractivity contribution is 0.188. The summed E-state index contributed by atoms with van der Waals surface area (Å²) in [5.74, 6) is 1.33. The van der Waals surface area contributed by atoms with E-state index in [1.807, 2.05) is 4.57 Å². The number of methoxy groups -OCH3 is 1. The summed E-state index contributed by atoms with van der Waals surface area (Å²) < 4.78 is 36.0. The Balaban J connectivity index is 1.33. The molecule has 0 amide bonds. The summed E-state index contributed by atoms with van der Waals surface area (Å²) in [5.41, 5.74) is 1.56. The van der Waals surface area contributed by atoms with Gasteiger partial charge in [0.1, 0.15) is 11.2 Å². The fourth-order valence-corrected chi connectivity index (χ4v) is 5.99. The molecule has 3 aromatic rings. The van der Waals surface area contributed by atoms with Crippen molar-refractivity contribution in [1.82, 2.24) is 33.6 Å². The maximum atomic E-state index is 12.9. The molecule has 2 unspecified atom stereocenters. The Morgan fingerprint density at radius 3 is 2.57 bits per heavy atom. The van der Waals surface area contributed by atoms with Gasteiger partial charge in [0, 0.05) is 53.1 Å². The highest BCUT2D eigenvalue weighted by atomic mass is 32.2. The standard InChI is InChI=1S/C18H24N8O3S/c1-23-10-15(5-22-23)30(27,28)26-8-13-6-25(7-14(13)9-26)18-16-17(19-11-20-18)24(12-21-16)3-4-29-2/h5,10-14H,3-4,6-9H2,1-2H3. The average molecular weight is 433 g/mol. The van der Waals surface area contributed by atoms with E-state index in [9.17, 15) is 8.42 Å². The molecule has 11 nitrogen and oxygen atoms in total. The molecule has 2 aliphatic heterocycles. The molecule has 3 aromatic heterocycles. The van der Waals surface area contributed by atoms with E-state index < -0.39 is 10.0 Å². The van der Waals surface area contributed by atoms with Crippen molar-refractivity contribution in [3.63, 3.8) is 0 Å². The van der Waals surface area contributed by atoms with E-state index >= 15 is 0 Å². The topological polar surface area (TPSA) is 111 Å². The smallest absolute Gasteiger partial charge is 0.246 e. The van der Waals surface area contributed by atoms with Crippen LogP contribution in [0.2, 0.25) is 0 Å². The predicted molar refractivity (Wildman–Crippen MR) is 108 cm³/mol. The Morgan fingerprint density at radius 1 is 1.13 bits per heavy atom. The highest BCUT2D eigenvalue weighted by Crippen LogP contribution is 2.37. The van der Waals surface area contributed by atoms with Crippen LogP contribution in [0.1, 0.15) is 0 Å². The number of fused-ring (bicyclic) bond motifs is 2. The van der Waals surface area contributed by atoms with Crippen LogP contribution in [0.4, 0.5) is 5.82 Å². The van der Waals surface area contributed by atoms with Crippen LogP contribution in [0.25, 0.3) is 11.2 Å². The Hall–Kier alpha value is -2.57. The summed E-state index contributed by atoms with van der Waals surface area (Å²) in [4.78, 5) is 15.9. The molecule has 12 heteroatoms. The second kappa shape index (κ2) is 7.29. The SMILES string of the molecule is COCCn1cnc2c(N3CC4CN(S(=O)(=O)c5cnn(C)c5)CC4C3)ncnc21. The number of ether oxygens (including phenoxy) is 1. The molecule has 2 fully saturated rings. The van der Waals surface area contributed by atoms with E-state index in [0.29, 0.717) is 26.2 Å². The zero-order valence-corrected chi connectivity index (χ0v) is 17.7. The molecule has 2 aliphatic rings. The molecule has 30 heavy (non-hydrogen) atoms. The zero-order chi connectivity index (χ0) is 20.9. The summed E-state index contributed by atoms with van der Waals surface area (Å²) in [6.07, 6.45) is 6.29. The number of sulfonamides is 1. The van der Waals surface area contributed by atoms with E-state index in [1.165, 1.54) is 10.9 Å². The van der Waals surface area contributed by atoms with Gasteiger partial charge in [0.05, 0.1) is 19.1 Å². The van der Waals surface area contributed by atoms with Crippen LogP contribution >= 0.6 is 0 Å². The molecule has 0 spiro atoms. The molecule has 0 radical (unpaired) electrons. The first-order chi connectivity index (χ1) is 14.5. The number of aryl methyl sites for hydroxylation is 1. The molecule has 160 valence electrons. The first kappa shape index (κ1) is 19.4. The molecule has 0 bridgehead atoms. The van der Waals surface area contributed by atoms with Gasteiger partial charge in [-0.05, 0) is 11.8 Å². The van der Waals surface area contributed by atoms with Crippen molar-refractivity contribution in [1.29, 1.82) is 0 Å². The zero-order valence-electron chi connectivity index (χ0n) is 16.9. The van der Waals surface area contributed by atoms with Gasteiger partial charge in [-0.15, -0.1) is 0 Å². The number of nitrogens with zero attached hydrogens (tertiary/aromatic N) is 8. The van der Waals surface area contributed by atoms with E-state index in [1.54, 1.807) is 37.3 Å². The number of anilines is 1. The van der Waals surface area contributed by atoms with Crippen molar-refractivity contribution in [2.45, 2.75) is 11.4 Å². The van der Waals surface area contributed by atoms with Crippen LogP contribution in [-0.2, 0) is 28.4 Å². The molecule has 2 atom stereocenters. The van der Waals surface area contributed by atoms with Crippen LogP contribution in [0.5, 0.6) is 0 Å². The quantitative estimate of drug-likeness (QED) is 0.534. The van der Waals surface area contributed by atoms with Gasteiger partial charge in [-0.2, -0.15) is 9.40 Å². The minimum atomic E-state index is -3.50. The largest absolute Gasteiger partial charge is 0.383 e. The Bertz CT molecular complexity index is 1160. The van der Waals surface area contributed by atoms with Crippen molar-refractivity contribution in [2.75, 3.05) is 44.8 Å². The average Bonchev–Trinajstić information content (AvgIpc) is 3.48. The Morgan fingerprint density at radius 2 is 1.90 bits per heavy atom. The molecule has 0 saturated carbocycles. The van der Waals surface area contributed by atoms with E-state index in [4.69, 9.17) is 4.74 Å². The lowest BCUT2D eigenvalue weighted by atomic mass is 10.0. The number of aromatic nitrogens is 6. The van der Waals surface area contributed by atoms with Crippen LogP contribution in [-0.4, -0.2) is 81.9 Å². The van der Waals surface area contributed by atoms with Gasteiger partial charge in [-0.1, -0.05) is 0 Å². The summed E-state index contributed by atoms with van der Waals surface area (Å²) in [7, 11) is -0.120. The highest BCUT2D eigenvalue weighted by molar-refractivity contribution is 7.89. The first-order valence-electron chi connectivity index (χ1n) is 9.86. The third-order valence-electron chi connectivity index (χ3n) is 5.99. The Labute approximate surface area is 174 Å². The van der Waals surface area contributed by atoms with Crippen molar-refractivity contribution < 1.29 is 13.2 Å². The number of hydrogen-bond acceptors (Lipinski definition) is 8. The van der Waals surface area contributed by atoms with Crippen LogP contribution in [0.3, 0.4) is 0 Å². The molecule has 0 aliphatic carbocycles. The molecule has 5 rings (SSSR count). The fraction of sp³-hybridized carbons (Fsp3) is 0.556. The molecular weight excluding hydrogens is 408 g/mol. The van der Waals surface area contributed by atoms with Gasteiger partial charge < -0.3 is 14.2 Å². The van der Waals surface area contributed by atoms with Gasteiger partial charge in [0.15, 0.2) is 17.0 Å². The summed E-state index contributed by atoms with van der Waals surface area (Å²) in [6, 6.07) is 0. The van der Waals surface area contributed by atoms with Gasteiger partial charge >= 0.3 is 0 Å². The predicted octanol–water partition coefficient (Wildman–Crippen LogP) is -0.0369. The lowest BCUT2D eigenvalue weighted by Gasteiger charge is -2.21. The van der Waals surface area contributed by atoms with E-state index in [0.717, 1.165) is 30.1 Å². The maximum absolute atomic E-state index is 12.9. The minimum Gasteiger partial charge on any atom is -0.383 e. The maximum Gasteiger partial charge on any atom is 0.246 e. The van der Waals surface area contributed by atoms with Crippen molar-refractivity contribution in [3.8, 4) is 0 Å². The van der Waals surface area contributed by atoms with Crippen LogP contribution in [0.15, 0.2) is 29.9 Å². The molecular formula is C18H24N8O3S. The normalized spacial score (nSPS) is 22.3. The summed E-state index contributed by atoms with van der Waals surface area (Å²) >= 11 is 0. The minimum absolute atomic E-state index is 0.251. The van der Waals surface area contributed by atoms with Gasteiger partial charge in [0.2, 0.25) is 10.0 Å². The second-order valence-electron chi connectivity index (χ2n) is 7.90. The van der Waals surface area contributed by atoms with Gasteiger partial charge in [0.25, 0.3) is 0 Å². The molecule has 0 aromatic carbocycles. The highest BCUT2D eigenvalue weighted by Gasteiger charge is 2.45. The molecule has 0 N–H and O–H groups in total. The van der Waals surface area contributed by atoms with E-state index in [-0.39, 0.29) is 16.7 Å². The van der Waals surface area contributed by atoms with Crippen LogP contribution < -0.4 is 4.90 Å². The van der Waals surface area contributed by atoms with Gasteiger partial charge in [-0.3, -0.25) is 4.68 Å². The number of hydrogen-bond donors (Lipinski definition) is 0. The second-order valence-corrected chi connectivity index (χ2v) is 9.84. The van der Waals surface area contributed by atoms with Crippen LogP contribution in [0, 0.1) is 11.8 Å². The fourth-order valence-electron chi connectivity index (χ4n) is 4.45. The number of rotatable bonds is 6. The summed E-state index contributed by atoms with van der Waals surface area (Å²) in [5, 5.41) is 4.00. The Kier molecular flexibility index (Phi) is 4.71. The lowest BCUT2D eigenvalue weighted by Crippen LogP contribution is -2.33. The van der Waals surface area contributed by atoms with Crippen molar-refractivity contribution >= 4 is 27.0 Å². The first-order valence-corrected chi connectivity index (χ1v) is 11.3. The molecule has 5 heterocycles.